The van der Waals surface area contributed by atoms with Gasteiger partial charge in [-0.3, -0.25) is 14.4 Å². The molecule has 6 aliphatic heterocycles. The van der Waals surface area contributed by atoms with Crippen LogP contribution in [0, 0.1) is 0 Å². The number of anilines is 6. The summed E-state index contributed by atoms with van der Waals surface area (Å²) in [4.78, 5) is 85.5. The van der Waals surface area contributed by atoms with Crippen LogP contribution in [-0.4, -0.2) is 161 Å². The van der Waals surface area contributed by atoms with E-state index in [-0.39, 0.29) is 51.3 Å². The summed E-state index contributed by atoms with van der Waals surface area (Å²) in [6.45, 7) is 17.0. The zero-order valence-electron chi connectivity index (χ0n) is 62.0. The number of hydrogen-bond acceptors (Lipinski definition) is 21. The smallest absolute Gasteiger partial charge is 0.259 e. The number of H-pyrrole nitrogens is 3. The van der Waals surface area contributed by atoms with Crippen molar-refractivity contribution in [1.29, 1.82) is 0 Å². The van der Waals surface area contributed by atoms with Gasteiger partial charge in [0.2, 0.25) is 0 Å². The molecule has 111 heavy (non-hydrogen) atoms. The van der Waals surface area contributed by atoms with Crippen molar-refractivity contribution in [3.63, 3.8) is 0 Å². The van der Waals surface area contributed by atoms with Gasteiger partial charge >= 0.3 is 0 Å². The Bertz CT molecular complexity index is 6040. The molecule has 0 spiro atoms. The van der Waals surface area contributed by atoms with Crippen LogP contribution in [0.4, 0.5) is 34.1 Å². The number of nitrogens with zero attached hydrogens (tertiary/aromatic N) is 10. The lowest BCUT2D eigenvalue weighted by atomic mass is 10.1. The Labute approximate surface area is 655 Å². The van der Waals surface area contributed by atoms with E-state index in [1.807, 2.05) is 42.5 Å². The van der Waals surface area contributed by atoms with Crippen LogP contribution in [0.2, 0.25) is 0 Å². The van der Waals surface area contributed by atoms with Crippen LogP contribution in [0.5, 0.6) is 0 Å². The van der Waals surface area contributed by atoms with Gasteiger partial charge in [0.15, 0.2) is 46.5 Å². The molecule has 6 aliphatic rings. The second-order valence-electron chi connectivity index (χ2n) is 29.7. The molecule has 1 unspecified atom stereocenters. The first kappa shape index (κ1) is 73.8. The summed E-state index contributed by atoms with van der Waals surface area (Å²) < 4.78 is 74.8. The van der Waals surface area contributed by atoms with Crippen LogP contribution in [0.3, 0.4) is 0 Å². The van der Waals surface area contributed by atoms with Crippen molar-refractivity contribution in [2.24, 2.45) is 5.73 Å². The van der Waals surface area contributed by atoms with Gasteiger partial charge in [-0.1, -0.05) is 36.4 Å². The Morgan fingerprint density at radius 1 is 0.459 bits per heavy atom. The highest BCUT2D eigenvalue weighted by atomic mass is 32.2. The molecule has 18 rings (SSSR count). The van der Waals surface area contributed by atoms with Crippen LogP contribution in [0.25, 0.3) is 67.3 Å². The third-order valence-electron chi connectivity index (χ3n) is 21.4. The maximum atomic E-state index is 13.4. The Morgan fingerprint density at radius 2 is 0.829 bits per heavy atom. The zero-order valence-corrected chi connectivity index (χ0v) is 64.4. The van der Waals surface area contributed by atoms with Crippen LogP contribution < -0.4 is 46.6 Å². The quantitative estimate of drug-likeness (QED) is 0.0420. The number of benzene rings is 6. The largest absolute Gasteiger partial charge is 0.381 e. The van der Waals surface area contributed by atoms with Crippen LogP contribution in [0.15, 0.2) is 179 Å². The lowest BCUT2D eigenvalue weighted by Crippen LogP contribution is -2.51. The highest BCUT2D eigenvalue weighted by molar-refractivity contribution is 7.92. The lowest BCUT2D eigenvalue weighted by molar-refractivity contribution is 0.0989. The number of hydrogen-bond donors (Lipinski definition) is 8. The van der Waals surface area contributed by atoms with Gasteiger partial charge in [-0.05, 0) is 175 Å². The number of piperidine rings is 1. The summed E-state index contributed by atoms with van der Waals surface area (Å²) in [5.74, 6) is -0.212. The average Bonchev–Trinajstić information content (AvgIpc) is 1.61. The molecule has 27 nitrogen and oxygen atoms in total. The highest BCUT2D eigenvalue weighted by Gasteiger charge is 2.36. The molecule has 3 amide bonds. The molecule has 0 radical (unpaired) electrons. The standard InChI is InChI=1S/C28H30N6O3S.C27H28N6O3S.C26H26N6O3S.9H2/c1-17(2)38(36,37)22-8-5-18(6-9-22)24-14-30-27-26(33-24)25(15-31-27)34-16-19-12-20(7-10-23(19)28(34)35)32-21-4-3-11-29-13-21;1-16(2)37(35,36)21-6-3-17(4-7-21)23-12-29-26-25(31-23)24(13-30-26)33-14-18-11-20(5-8-22(18)27(33)34)32-10-9-19(28)15-32;1-15(2)36(34,35)20-6-3-16(4-7-20)22-12-28-25-24(31-22)23(13-29-25)32-14-17-9-18(30-19-10-27-11-19)5-8-21(17)26(32)33;;;;;;;;;/h5-10,12,14-15,17,21,29,32H,3-4,11,13,16H2,1-2H3,(H,30,31);3-8,11-13,16,19H,9-10,14-15,28H2,1-2H3,(H,29,30);3-9,12-13,15,19,27,30H,10-11,14H2,1-2H3,(H,28,29);9*1H/t;19-;;;;;;;;;;/m.0........../s1. The first-order chi connectivity index (χ1) is 53.3. The molecule has 12 aromatic rings. The van der Waals surface area contributed by atoms with Crippen molar-refractivity contribution >= 4 is 115 Å². The fourth-order valence-corrected chi connectivity index (χ4v) is 17.9. The van der Waals surface area contributed by atoms with Crippen molar-refractivity contribution in [2.75, 3.05) is 69.5 Å². The maximum Gasteiger partial charge on any atom is 0.259 e. The summed E-state index contributed by atoms with van der Waals surface area (Å²) in [7, 11) is -10.1. The molecule has 6 aromatic carbocycles. The minimum Gasteiger partial charge on any atom is -0.381 e. The monoisotopic (exact) mass is 1570 g/mol. The molecule has 0 bridgehead atoms. The Kier molecular flexibility index (Phi) is 19.6. The average molecular weight is 1570 g/mol. The Balaban J connectivity index is 0.000000239. The summed E-state index contributed by atoms with van der Waals surface area (Å²) in [5, 5.41) is 12.3. The van der Waals surface area contributed by atoms with E-state index in [9.17, 15) is 39.6 Å². The minimum absolute atomic E-state index is 0. The molecule has 30 heteroatoms. The SMILES string of the molecule is CC(C)S(=O)(=O)c1ccc(-c2cnc3[nH]cc(N4Cc5cc(N6CC[C@H](N)C6)ccc5C4=O)c3n2)cc1.CC(C)S(=O)(=O)c1ccc(-c2cnc3[nH]cc(N4Cc5cc(NC6CCCNC6)ccc5C4=O)c3n2)cc1.CC(C)S(=O)(=O)c1ccc(-c2cnc3[nH]cc(N4Cc5cc(NC6CNC6)ccc5C4=O)c3n2)cc1.[HH].[HH].[HH].[HH].[HH].[HH].[HH].[HH].[HH]. The van der Waals surface area contributed by atoms with Gasteiger partial charge in [0.1, 0.15) is 16.6 Å². The molecular formula is C81H102N18O9S3. The molecule has 3 fully saturated rings. The van der Waals surface area contributed by atoms with Gasteiger partial charge in [0, 0.05) is 127 Å². The predicted octanol–water partition coefficient (Wildman–Crippen LogP) is 13.2. The number of carbonyl (C=O) groups excluding carboxylic acids is 3. The zero-order chi connectivity index (χ0) is 77.4. The van der Waals surface area contributed by atoms with Crippen molar-refractivity contribution in [3.8, 4) is 33.8 Å². The summed E-state index contributed by atoms with van der Waals surface area (Å²) >= 11 is 0. The van der Waals surface area contributed by atoms with E-state index in [2.05, 4.69) is 68.2 Å². The van der Waals surface area contributed by atoms with Crippen molar-refractivity contribution < 1.29 is 52.5 Å². The van der Waals surface area contributed by atoms with E-state index in [1.165, 1.54) is 0 Å². The number of nitrogens with two attached hydrogens (primary N) is 1. The fourth-order valence-electron chi connectivity index (χ4n) is 14.7. The number of aromatic nitrogens is 9. The minimum atomic E-state index is -3.36. The van der Waals surface area contributed by atoms with Crippen molar-refractivity contribution in [1.82, 2.24) is 55.5 Å². The predicted molar refractivity (Wildman–Crippen MR) is 449 cm³/mol. The van der Waals surface area contributed by atoms with Gasteiger partial charge in [-0.2, -0.15) is 0 Å². The van der Waals surface area contributed by atoms with E-state index < -0.39 is 45.3 Å². The van der Waals surface area contributed by atoms with E-state index in [0.717, 1.165) is 109 Å². The number of aromatic amines is 3. The topological polar surface area (TPSA) is 365 Å². The lowest BCUT2D eigenvalue weighted by Gasteiger charge is -2.29. The summed E-state index contributed by atoms with van der Waals surface area (Å²) in [5.41, 5.74) is 23.7. The molecule has 0 saturated carbocycles. The Morgan fingerprint density at radius 3 is 1.17 bits per heavy atom. The van der Waals surface area contributed by atoms with Gasteiger partial charge in [0.25, 0.3) is 17.7 Å². The first-order valence-corrected chi connectivity index (χ1v) is 41.8. The fraction of sp³-hybridized carbons (Fsp3) is 0.296. The van der Waals surface area contributed by atoms with E-state index in [0.29, 0.717) is 116 Å². The van der Waals surface area contributed by atoms with Gasteiger partial charge in [-0.15, -0.1) is 0 Å². The van der Waals surface area contributed by atoms with E-state index in [1.54, 1.807) is 166 Å². The first-order valence-electron chi connectivity index (χ1n) is 37.2. The van der Waals surface area contributed by atoms with Crippen LogP contribution in [-0.2, 0) is 49.1 Å². The van der Waals surface area contributed by atoms with E-state index in [4.69, 9.17) is 20.7 Å². The molecule has 9 N–H and O–H groups in total. The van der Waals surface area contributed by atoms with Crippen molar-refractivity contribution in [2.45, 2.75) is 129 Å². The number of carbonyl (C=O) groups is 3. The second-order valence-corrected chi connectivity index (χ2v) is 37.2. The number of amides is 3. The van der Waals surface area contributed by atoms with Crippen molar-refractivity contribution in [3.05, 3.63) is 198 Å². The number of sulfone groups is 3. The third-order valence-corrected chi connectivity index (χ3v) is 27.9. The Hall–Kier alpha value is -11.3. The molecule has 6 aromatic heterocycles. The number of fused-ring (bicyclic) bond motifs is 6. The highest BCUT2D eigenvalue weighted by Crippen LogP contribution is 2.40. The maximum absolute atomic E-state index is 13.4. The van der Waals surface area contributed by atoms with Gasteiger partial charge in [0.05, 0.1) is 109 Å². The number of nitrogens with one attached hydrogen (secondary N) is 7. The molecule has 0 aliphatic carbocycles. The molecule has 2 atom stereocenters. The van der Waals surface area contributed by atoms with Gasteiger partial charge in [-0.25, -0.2) is 55.2 Å². The number of rotatable bonds is 17. The van der Waals surface area contributed by atoms with Crippen LogP contribution >= 0.6 is 0 Å². The third kappa shape index (κ3) is 14.2. The molecule has 3 saturated heterocycles. The molecule has 588 valence electrons. The second kappa shape index (κ2) is 29.5. The normalized spacial score (nSPS) is 17.2. The van der Waals surface area contributed by atoms with Crippen LogP contribution in [0.1, 0.15) is 121 Å². The van der Waals surface area contributed by atoms with E-state index >= 15 is 0 Å². The molecular weight excluding hydrogens is 1470 g/mol. The van der Waals surface area contributed by atoms with Gasteiger partial charge < -0.3 is 61.6 Å². The molecule has 12 heterocycles. The summed E-state index contributed by atoms with van der Waals surface area (Å²) in [6.07, 6.45) is 13.5. The summed E-state index contributed by atoms with van der Waals surface area (Å²) in [6, 6.07) is 38.8.